The van der Waals surface area contributed by atoms with Crippen LogP contribution in [0.25, 0.3) is 0 Å². The third-order valence-corrected chi connectivity index (χ3v) is 3.01. The second kappa shape index (κ2) is 3.66. The highest BCUT2D eigenvalue weighted by molar-refractivity contribution is 6.31. The first-order valence-corrected chi connectivity index (χ1v) is 5.04. The minimum absolute atomic E-state index is 0.148. The maximum Gasteiger partial charge on any atom is 0.237 e. The molecule has 0 aromatic heterocycles. The van der Waals surface area contributed by atoms with Crippen molar-refractivity contribution in [3.8, 4) is 0 Å². The van der Waals surface area contributed by atoms with Gasteiger partial charge >= 0.3 is 0 Å². The molecule has 15 heavy (non-hydrogen) atoms. The topological polar surface area (TPSA) is 37.4 Å². The molecule has 0 saturated carbocycles. The van der Waals surface area contributed by atoms with E-state index in [-0.39, 0.29) is 18.2 Å². The van der Waals surface area contributed by atoms with Crippen LogP contribution in [-0.4, -0.2) is 23.8 Å². The first-order chi connectivity index (χ1) is 7.11. The summed E-state index contributed by atoms with van der Waals surface area (Å²) in [4.78, 5) is 24.2. The number of imide groups is 1. The summed E-state index contributed by atoms with van der Waals surface area (Å²) in [7, 11) is 1.50. The van der Waals surface area contributed by atoms with Gasteiger partial charge in [-0.15, -0.1) is 0 Å². The lowest BCUT2D eigenvalue weighted by Crippen LogP contribution is -2.25. The van der Waals surface area contributed by atoms with Gasteiger partial charge in [0.25, 0.3) is 0 Å². The average Bonchev–Trinajstić information content (AvgIpc) is 2.47. The summed E-state index contributed by atoms with van der Waals surface area (Å²) in [6.45, 7) is 0. The number of rotatable bonds is 1. The third-order valence-electron chi connectivity index (χ3n) is 2.66. The molecular weight excluding hydrogens is 214 g/mol. The first-order valence-electron chi connectivity index (χ1n) is 4.66. The highest BCUT2D eigenvalue weighted by Gasteiger charge is 2.37. The molecule has 3 nitrogen and oxygen atoms in total. The van der Waals surface area contributed by atoms with Crippen molar-refractivity contribution in [3.05, 3.63) is 34.9 Å². The smallest absolute Gasteiger partial charge is 0.237 e. The molecule has 0 N–H and O–H groups in total. The van der Waals surface area contributed by atoms with E-state index in [0.29, 0.717) is 5.02 Å². The summed E-state index contributed by atoms with van der Waals surface area (Å²) >= 11 is 5.98. The monoisotopic (exact) mass is 223 g/mol. The molecule has 0 unspecified atom stereocenters. The standard InChI is InChI=1S/C11H10ClNO2/c1-13-10(14)6-8(11(13)15)7-4-2-3-5-9(7)12/h2-5,8H,6H2,1H3/t8-/m1/s1. The van der Waals surface area contributed by atoms with Gasteiger partial charge < -0.3 is 0 Å². The predicted molar refractivity (Wildman–Crippen MR) is 56.6 cm³/mol. The van der Waals surface area contributed by atoms with Crippen molar-refractivity contribution in [2.45, 2.75) is 12.3 Å². The van der Waals surface area contributed by atoms with Gasteiger partial charge in [-0.25, -0.2) is 0 Å². The van der Waals surface area contributed by atoms with Crippen molar-refractivity contribution in [1.29, 1.82) is 0 Å². The lowest BCUT2D eigenvalue weighted by molar-refractivity contribution is -0.137. The SMILES string of the molecule is CN1C(=O)C[C@H](c2ccccc2Cl)C1=O. The molecule has 2 rings (SSSR count). The zero-order valence-corrected chi connectivity index (χ0v) is 8.99. The van der Waals surface area contributed by atoms with Crippen LogP contribution in [0.4, 0.5) is 0 Å². The van der Waals surface area contributed by atoms with Crippen molar-refractivity contribution in [3.63, 3.8) is 0 Å². The van der Waals surface area contributed by atoms with E-state index in [0.717, 1.165) is 10.5 Å². The first kappa shape index (κ1) is 10.2. The Morgan fingerprint density at radius 3 is 2.53 bits per heavy atom. The Kier molecular flexibility index (Phi) is 2.49. The molecule has 0 bridgehead atoms. The lowest BCUT2D eigenvalue weighted by atomic mass is 9.98. The highest BCUT2D eigenvalue weighted by Crippen LogP contribution is 2.32. The van der Waals surface area contributed by atoms with Gasteiger partial charge in [0.05, 0.1) is 5.92 Å². The van der Waals surface area contributed by atoms with Crippen molar-refractivity contribution in [1.82, 2.24) is 4.90 Å². The highest BCUT2D eigenvalue weighted by atomic mass is 35.5. The van der Waals surface area contributed by atoms with Gasteiger partial charge in [-0.3, -0.25) is 14.5 Å². The molecule has 1 atom stereocenters. The number of hydrogen-bond acceptors (Lipinski definition) is 2. The van der Waals surface area contributed by atoms with Crippen LogP contribution in [0.15, 0.2) is 24.3 Å². The molecule has 0 aliphatic carbocycles. The number of hydrogen-bond donors (Lipinski definition) is 0. The lowest BCUT2D eigenvalue weighted by Gasteiger charge is -2.10. The van der Waals surface area contributed by atoms with E-state index in [9.17, 15) is 9.59 Å². The molecule has 1 aliphatic rings. The van der Waals surface area contributed by atoms with E-state index in [2.05, 4.69) is 0 Å². The van der Waals surface area contributed by atoms with Crippen molar-refractivity contribution in [2.75, 3.05) is 7.05 Å². The van der Waals surface area contributed by atoms with Gasteiger partial charge in [0, 0.05) is 18.5 Å². The van der Waals surface area contributed by atoms with Gasteiger partial charge in [0.15, 0.2) is 0 Å². The second-order valence-electron chi connectivity index (χ2n) is 3.57. The molecular formula is C11H10ClNO2. The fourth-order valence-electron chi connectivity index (χ4n) is 1.76. The summed E-state index contributed by atoms with van der Waals surface area (Å²) < 4.78 is 0. The van der Waals surface area contributed by atoms with Crippen LogP contribution < -0.4 is 0 Å². The Bertz CT molecular complexity index is 430. The molecule has 78 valence electrons. The number of nitrogens with zero attached hydrogens (tertiary/aromatic N) is 1. The Labute approximate surface area is 92.6 Å². The van der Waals surface area contributed by atoms with Crippen LogP contribution in [0, 0.1) is 0 Å². The number of halogens is 1. The fourth-order valence-corrected chi connectivity index (χ4v) is 2.02. The van der Waals surface area contributed by atoms with Crippen LogP contribution in [0.3, 0.4) is 0 Å². The second-order valence-corrected chi connectivity index (χ2v) is 3.98. The number of amides is 2. The molecule has 1 aliphatic heterocycles. The number of carbonyl (C=O) groups excluding carboxylic acids is 2. The summed E-state index contributed by atoms with van der Waals surface area (Å²) in [6.07, 6.45) is 0.221. The van der Waals surface area contributed by atoms with Gasteiger partial charge in [0.1, 0.15) is 0 Å². The summed E-state index contributed by atoms with van der Waals surface area (Å²) in [5, 5.41) is 0.541. The van der Waals surface area contributed by atoms with E-state index in [1.807, 2.05) is 6.07 Å². The average molecular weight is 224 g/mol. The van der Waals surface area contributed by atoms with E-state index in [4.69, 9.17) is 11.6 Å². The van der Waals surface area contributed by atoms with Crippen LogP contribution in [0.1, 0.15) is 17.9 Å². The van der Waals surface area contributed by atoms with Gasteiger partial charge in [-0.05, 0) is 11.6 Å². The van der Waals surface area contributed by atoms with Gasteiger partial charge in [-0.2, -0.15) is 0 Å². The fraction of sp³-hybridized carbons (Fsp3) is 0.273. The predicted octanol–water partition coefficient (Wildman–Crippen LogP) is 1.81. The molecule has 1 heterocycles. The van der Waals surface area contributed by atoms with Crippen LogP contribution in [-0.2, 0) is 9.59 Å². The molecule has 1 fully saturated rings. The van der Waals surface area contributed by atoms with Gasteiger partial charge in [-0.1, -0.05) is 29.8 Å². The third kappa shape index (κ3) is 1.63. The molecule has 1 aromatic rings. The minimum atomic E-state index is -0.406. The Morgan fingerprint density at radius 2 is 2.00 bits per heavy atom. The molecule has 1 aromatic carbocycles. The Hall–Kier alpha value is -1.35. The van der Waals surface area contributed by atoms with E-state index in [1.54, 1.807) is 18.2 Å². The minimum Gasteiger partial charge on any atom is -0.285 e. The number of benzene rings is 1. The van der Waals surface area contributed by atoms with Crippen molar-refractivity contribution >= 4 is 23.4 Å². The summed E-state index contributed by atoms with van der Waals surface area (Å²) in [6, 6.07) is 7.14. The van der Waals surface area contributed by atoms with E-state index >= 15 is 0 Å². The molecule has 0 spiro atoms. The van der Waals surface area contributed by atoms with E-state index in [1.165, 1.54) is 7.05 Å². The van der Waals surface area contributed by atoms with Crippen LogP contribution >= 0.6 is 11.6 Å². The largest absolute Gasteiger partial charge is 0.285 e. The normalized spacial score (nSPS) is 21.2. The Balaban J connectivity index is 2.38. The van der Waals surface area contributed by atoms with Crippen molar-refractivity contribution in [2.24, 2.45) is 0 Å². The molecule has 1 saturated heterocycles. The van der Waals surface area contributed by atoms with E-state index < -0.39 is 5.92 Å². The molecule has 0 radical (unpaired) electrons. The van der Waals surface area contributed by atoms with Crippen LogP contribution in [0.5, 0.6) is 0 Å². The molecule has 4 heteroatoms. The number of likely N-dealkylation sites (tertiary alicyclic amines) is 1. The zero-order chi connectivity index (χ0) is 11.0. The quantitative estimate of drug-likeness (QED) is 0.681. The summed E-state index contributed by atoms with van der Waals surface area (Å²) in [5.74, 6) is -0.728. The van der Waals surface area contributed by atoms with Crippen molar-refractivity contribution < 1.29 is 9.59 Å². The number of likely N-dealkylation sites (N-methyl/N-ethyl adjacent to an activating group) is 1. The Morgan fingerprint density at radius 1 is 1.33 bits per heavy atom. The maximum atomic E-state index is 11.7. The van der Waals surface area contributed by atoms with Crippen LogP contribution in [0.2, 0.25) is 5.02 Å². The maximum absolute atomic E-state index is 11.7. The number of carbonyl (C=O) groups is 2. The van der Waals surface area contributed by atoms with Gasteiger partial charge in [0.2, 0.25) is 11.8 Å². The summed E-state index contributed by atoms with van der Waals surface area (Å²) in [5.41, 5.74) is 0.738. The molecule has 2 amide bonds. The zero-order valence-electron chi connectivity index (χ0n) is 8.24.